The molecule has 1 aliphatic rings. The number of hydrogen-bond acceptors (Lipinski definition) is 4. The average molecular weight is 262 g/mol. The molecule has 0 saturated carbocycles. The van der Waals surface area contributed by atoms with Gasteiger partial charge in [0.2, 0.25) is 5.91 Å². The van der Waals surface area contributed by atoms with Crippen molar-refractivity contribution in [1.82, 2.24) is 5.43 Å². The topological polar surface area (TPSA) is 59.9 Å². The Kier molecular flexibility index (Phi) is 4.29. The second-order valence-corrected chi connectivity index (χ2v) is 4.71. The van der Waals surface area contributed by atoms with Crippen molar-refractivity contribution in [3.8, 4) is 0 Å². The Morgan fingerprint density at radius 2 is 2.21 bits per heavy atom. The van der Waals surface area contributed by atoms with Crippen LogP contribution in [-0.4, -0.2) is 31.1 Å². The monoisotopic (exact) mass is 262 g/mol. The van der Waals surface area contributed by atoms with Crippen LogP contribution in [0.2, 0.25) is 0 Å². The largest absolute Gasteiger partial charge is 0.347 e. The molecule has 1 aromatic carbocycles. The number of nitrogens with one attached hydrogen (secondary N) is 1. The molecule has 19 heavy (non-hydrogen) atoms. The average Bonchev–Trinajstić information content (AvgIpc) is 2.75. The molecule has 0 aliphatic carbocycles. The van der Waals surface area contributed by atoms with Gasteiger partial charge in [-0.15, -0.1) is 0 Å². The fraction of sp³-hybridized carbons (Fsp3) is 0.429. The number of carbonyl (C=O) groups excluding carboxylic acids is 1. The fourth-order valence-corrected chi connectivity index (χ4v) is 1.92. The Morgan fingerprint density at radius 1 is 1.47 bits per heavy atom. The van der Waals surface area contributed by atoms with Gasteiger partial charge >= 0.3 is 0 Å². The Morgan fingerprint density at radius 3 is 2.89 bits per heavy atom. The highest BCUT2D eigenvalue weighted by molar-refractivity contribution is 5.82. The summed E-state index contributed by atoms with van der Waals surface area (Å²) in [5.74, 6) is -1.04. The van der Waals surface area contributed by atoms with Crippen LogP contribution >= 0.6 is 0 Å². The van der Waals surface area contributed by atoms with Crippen LogP contribution in [0.5, 0.6) is 0 Å². The van der Waals surface area contributed by atoms with Crippen molar-refractivity contribution in [1.29, 1.82) is 0 Å². The molecule has 1 aliphatic heterocycles. The first-order valence-electron chi connectivity index (χ1n) is 6.24. The predicted octanol–water partition coefficient (Wildman–Crippen LogP) is 1.60. The van der Waals surface area contributed by atoms with Crippen molar-refractivity contribution >= 4 is 12.1 Å². The van der Waals surface area contributed by atoms with Crippen molar-refractivity contribution < 1.29 is 14.3 Å². The lowest BCUT2D eigenvalue weighted by Gasteiger charge is -2.20. The number of ether oxygens (including phenoxy) is 2. The van der Waals surface area contributed by atoms with Gasteiger partial charge in [-0.2, -0.15) is 5.10 Å². The minimum absolute atomic E-state index is 0.137. The molecule has 0 atom stereocenters. The lowest BCUT2D eigenvalue weighted by Crippen LogP contribution is -2.33. The van der Waals surface area contributed by atoms with Crippen molar-refractivity contribution in [2.45, 2.75) is 26.1 Å². The lowest BCUT2D eigenvalue weighted by molar-refractivity contribution is -0.159. The van der Waals surface area contributed by atoms with Gasteiger partial charge in [-0.3, -0.25) is 4.79 Å². The van der Waals surface area contributed by atoms with E-state index in [2.05, 4.69) is 10.5 Å². The van der Waals surface area contributed by atoms with Gasteiger partial charge in [-0.25, -0.2) is 5.43 Å². The quantitative estimate of drug-likeness (QED) is 0.662. The van der Waals surface area contributed by atoms with E-state index in [4.69, 9.17) is 9.47 Å². The molecule has 1 fully saturated rings. The number of hydrazone groups is 1. The summed E-state index contributed by atoms with van der Waals surface area (Å²) in [4.78, 5) is 11.7. The highest BCUT2D eigenvalue weighted by Crippen LogP contribution is 2.22. The number of carbonyl (C=O) groups is 1. The Bertz CT molecular complexity index is 479. The first-order valence-corrected chi connectivity index (χ1v) is 6.24. The summed E-state index contributed by atoms with van der Waals surface area (Å²) >= 11 is 0. The van der Waals surface area contributed by atoms with Crippen LogP contribution < -0.4 is 5.43 Å². The van der Waals surface area contributed by atoms with E-state index in [-0.39, 0.29) is 12.3 Å². The van der Waals surface area contributed by atoms with Gasteiger partial charge in [0.25, 0.3) is 0 Å². The van der Waals surface area contributed by atoms with Gasteiger partial charge in [0.05, 0.1) is 25.8 Å². The molecule has 5 heteroatoms. The van der Waals surface area contributed by atoms with Crippen LogP contribution in [0.25, 0.3) is 0 Å². The van der Waals surface area contributed by atoms with Crippen LogP contribution in [0.15, 0.2) is 29.4 Å². The van der Waals surface area contributed by atoms with Crippen LogP contribution in [0.1, 0.15) is 24.5 Å². The maximum absolute atomic E-state index is 11.7. The number of rotatable bonds is 4. The maximum atomic E-state index is 11.7. The van der Waals surface area contributed by atoms with E-state index >= 15 is 0 Å². The van der Waals surface area contributed by atoms with E-state index in [9.17, 15) is 4.79 Å². The minimum Gasteiger partial charge on any atom is -0.347 e. The molecule has 102 valence electrons. The van der Waals surface area contributed by atoms with Gasteiger partial charge in [0, 0.05) is 0 Å². The summed E-state index contributed by atoms with van der Waals surface area (Å²) < 4.78 is 10.7. The van der Waals surface area contributed by atoms with Gasteiger partial charge in [-0.05, 0) is 19.4 Å². The molecule has 0 spiro atoms. The molecule has 0 unspecified atom stereocenters. The van der Waals surface area contributed by atoms with E-state index in [0.717, 1.165) is 11.1 Å². The first-order chi connectivity index (χ1) is 9.07. The lowest BCUT2D eigenvalue weighted by atomic mass is 10.2. The smallest absolute Gasteiger partial charge is 0.245 e. The Labute approximate surface area is 112 Å². The molecular weight excluding hydrogens is 244 g/mol. The SMILES string of the molecule is Cc1cccc(C=NNC(=O)CC2(C)OCCO2)c1. The summed E-state index contributed by atoms with van der Waals surface area (Å²) in [7, 11) is 0. The van der Waals surface area contributed by atoms with Gasteiger partial charge < -0.3 is 9.47 Å². The summed E-state index contributed by atoms with van der Waals surface area (Å²) in [5.41, 5.74) is 4.57. The minimum atomic E-state index is -0.817. The van der Waals surface area contributed by atoms with E-state index < -0.39 is 5.79 Å². The second kappa shape index (κ2) is 5.95. The normalized spacial score (nSPS) is 17.8. The number of nitrogens with zero attached hydrogens (tertiary/aromatic N) is 1. The zero-order chi connectivity index (χ0) is 13.7. The number of amides is 1. The summed E-state index contributed by atoms with van der Waals surface area (Å²) in [6, 6.07) is 7.86. The highest BCUT2D eigenvalue weighted by Gasteiger charge is 2.33. The predicted molar refractivity (Wildman–Crippen MR) is 71.8 cm³/mol. The molecule has 1 heterocycles. The van der Waals surface area contributed by atoms with Crippen LogP contribution in [-0.2, 0) is 14.3 Å². The Hall–Kier alpha value is -1.72. The van der Waals surface area contributed by atoms with Crippen LogP contribution in [0.3, 0.4) is 0 Å². The third-order valence-electron chi connectivity index (χ3n) is 2.82. The molecule has 1 amide bonds. The van der Waals surface area contributed by atoms with Crippen molar-refractivity contribution in [3.05, 3.63) is 35.4 Å². The van der Waals surface area contributed by atoms with E-state index in [1.165, 1.54) is 0 Å². The van der Waals surface area contributed by atoms with Crippen LogP contribution in [0, 0.1) is 6.92 Å². The fourth-order valence-electron chi connectivity index (χ4n) is 1.92. The molecule has 0 radical (unpaired) electrons. The number of benzene rings is 1. The van der Waals surface area contributed by atoms with Gasteiger partial charge in [0.1, 0.15) is 0 Å². The van der Waals surface area contributed by atoms with Gasteiger partial charge in [0.15, 0.2) is 5.79 Å². The zero-order valence-corrected chi connectivity index (χ0v) is 11.2. The maximum Gasteiger partial charge on any atom is 0.245 e. The van der Waals surface area contributed by atoms with Gasteiger partial charge in [-0.1, -0.05) is 29.8 Å². The molecule has 1 saturated heterocycles. The number of hydrogen-bond donors (Lipinski definition) is 1. The van der Waals surface area contributed by atoms with Crippen LogP contribution in [0.4, 0.5) is 0 Å². The highest BCUT2D eigenvalue weighted by atomic mass is 16.7. The third kappa shape index (κ3) is 4.15. The molecular formula is C14H18N2O3. The molecule has 1 N–H and O–H groups in total. The van der Waals surface area contributed by atoms with E-state index in [1.54, 1.807) is 13.1 Å². The Balaban J connectivity index is 1.83. The third-order valence-corrected chi connectivity index (χ3v) is 2.82. The number of aryl methyl sites for hydroxylation is 1. The van der Waals surface area contributed by atoms with E-state index in [1.807, 2.05) is 31.2 Å². The van der Waals surface area contributed by atoms with Crippen molar-refractivity contribution in [3.63, 3.8) is 0 Å². The molecule has 0 aromatic heterocycles. The molecule has 2 rings (SSSR count). The molecule has 0 bridgehead atoms. The summed E-state index contributed by atoms with van der Waals surface area (Å²) in [6.07, 6.45) is 1.75. The van der Waals surface area contributed by atoms with Crippen molar-refractivity contribution in [2.24, 2.45) is 5.10 Å². The molecule has 1 aromatic rings. The standard InChI is InChI=1S/C14H18N2O3/c1-11-4-3-5-12(8-11)10-15-16-13(17)9-14(2)18-6-7-19-14/h3-5,8,10H,6-7,9H2,1-2H3,(H,16,17). The van der Waals surface area contributed by atoms with E-state index in [0.29, 0.717) is 13.2 Å². The van der Waals surface area contributed by atoms with Crippen molar-refractivity contribution in [2.75, 3.05) is 13.2 Å². The zero-order valence-electron chi connectivity index (χ0n) is 11.2. The first kappa shape index (κ1) is 13.7. The second-order valence-electron chi connectivity index (χ2n) is 4.71. The summed E-state index contributed by atoms with van der Waals surface area (Å²) in [5, 5.41) is 3.92. The molecule has 5 nitrogen and oxygen atoms in total. The summed E-state index contributed by atoms with van der Waals surface area (Å²) in [6.45, 7) is 4.81.